The van der Waals surface area contributed by atoms with Crippen LogP contribution in [-0.2, 0) is 33.2 Å². The van der Waals surface area contributed by atoms with Crippen molar-refractivity contribution in [2.75, 3.05) is 33.2 Å². The summed E-state index contributed by atoms with van der Waals surface area (Å²) in [7, 11) is 1.30. The van der Waals surface area contributed by atoms with Crippen LogP contribution in [0.4, 0.5) is 35.5 Å². The van der Waals surface area contributed by atoms with Crippen molar-refractivity contribution in [2.24, 2.45) is 11.8 Å². The van der Waals surface area contributed by atoms with Crippen LogP contribution in [0.15, 0.2) is 36.4 Å². The Morgan fingerprint density at radius 1 is 0.875 bits per heavy atom. The SMILES string of the molecule is Cc1cc(F)ccc1C1CN(C(=O)C2CCCN(C(=O)OC(C)(C)C)C2)CCC1C(=O)N(C)Cc1cc(C(F)(F)F)cc(C(F)(F)F)c1. The molecule has 3 atom stereocenters. The number of likely N-dealkylation sites (tertiary alicyclic amines) is 2. The van der Waals surface area contributed by atoms with Crippen LogP contribution in [0.2, 0.25) is 0 Å². The fraction of sp³-hybridized carbons (Fsp3) is 0.559. The zero-order chi connectivity index (χ0) is 35.8. The van der Waals surface area contributed by atoms with Crippen molar-refractivity contribution in [3.05, 3.63) is 70.0 Å². The molecule has 2 aromatic carbocycles. The average molecular weight is 688 g/mol. The van der Waals surface area contributed by atoms with E-state index in [1.165, 1.54) is 30.1 Å². The summed E-state index contributed by atoms with van der Waals surface area (Å²) in [6.45, 7) is 7.20. The van der Waals surface area contributed by atoms with Gasteiger partial charge in [-0.3, -0.25) is 9.59 Å². The maximum atomic E-state index is 14.1. The molecule has 0 aliphatic carbocycles. The second-order valence-corrected chi connectivity index (χ2v) is 13.7. The molecule has 2 saturated heterocycles. The van der Waals surface area contributed by atoms with Gasteiger partial charge in [0.25, 0.3) is 0 Å². The molecule has 0 saturated carbocycles. The third-order valence-corrected chi connectivity index (χ3v) is 8.74. The molecule has 0 spiro atoms. The van der Waals surface area contributed by atoms with Gasteiger partial charge in [0.2, 0.25) is 11.8 Å². The van der Waals surface area contributed by atoms with Gasteiger partial charge in [-0.2, -0.15) is 26.3 Å². The van der Waals surface area contributed by atoms with Gasteiger partial charge in [0.1, 0.15) is 11.4 Å². The van der Waals surface area contributed by atoms with E-state index in [1.54, 1.807) is 32.6 Å². The zero-order valence-corrected chi connectivity index (χ0v) is 27.5. The van der Waals surface area contributed by atoms with E-state index in [1.807, 2.05) is 0 Å². The molecule has 2 aliphatic heterocycles. The number of ether oxygens (including phenoxy) is 1. The number of nitrogens with zero attached hydrogens (tertiary/aromatic N) is 3. The summed E-state index contributed by atoms with van der Waals surface area (Å²) < 4.78 is 100. The van der Waals surface area contributed by atoms with Crippen molar-refractivity contribution in [1.29, 1.82) is 0 Å². The quantitative estimate of drug-likeness (QED) is 0.307. The van der Waals surface area contributed by atoms with E-state index in [2.05, 4.69) is 0 Å². The van der Waals surface area contributed by atoms with Crippen LogP contribution in [0.5, 0.6) is 0 Å². The van der Waals surface area contributed by atoms with Gasteiger partial charge in [-0.05, 0) is 94.0 Å². The normalized spacial score (nSPS) is 20.8. The van der Waals surface area contributed by atoms with Crippen molar-refractivity contribution in [3.8, 4) is 0 Å². The second kappa shape index (κ2) is 13.9. The Labute approximate surface area is 275 Å². The monoisotopic (exact) mass is 687 g/mol. The van der Waals surface area contributed by atoms with E-state index in [-0.39, 0.29) is 43.6 Å². The first-order chi connectivity index (χ1) is 22.1. The molecule has 3 amide bonds. The number of aryl methyl sites for hydroxylation is 1. The molecule has 3 unspecified atom stereocenters. The van der Waals surface area contributed by atoms with Gasteiger partial charge in [-0.25, -0.2) is 9.18 Å². The van der Waals surface area contributed by atoms with E-state index in [0.717, 1.165) is 4.90 Å². The lowest BCUT2D eigenvalue weighted by Gasteiger charge is -2.42. The van der Waals surface area contributed by atoms with Crippen molar-refractivity contribution < 1.29 is 49.9 Å². The summed E-state index contributed by atoms with van der Waals surface area (Å²) in [5.41, 5.74) is -2.89. The van der Waals surface area contributed by atoms with Crippen LogP contribution in [0.3, 0.4) is 0 Å². The van der Waals surface area contributed by atoms with Crippen molar-refractivity contribution >= 4 is 17.9 Å². The minimum absolute atomic E-state index is 0.0322. The Bertz CT molecular complexity index is 1490. The highest BCUT2D eigenvalue weighted by Gasteiger charge is 2.42. The lowest BCUT2D eigenvalue weighted by molar-refractivity contribution is -0.144. The molecule has 2 fully saturated rings. The van der Waals surface area contributed by atoms with Gasteiger partial charge < -0.3 is 19.4 Å². The predicted octanol–water partition coefficient (Wildman–Crippen LogP) is 7.41. The van der Waals surface area contributed by atoms with Crippen molar-refractivity contribution in [2.45, 2.75) is 77.4 Å². The molecule has 0 N–H and O–H groups in total. The number of benzene rings is 2. The Morgan fingerprint density at radius 3 is 2.06 bits per heavy atom. The third kappa shape index (κ3) is 8.98. The molecule has 2 aromatic rings. The molecule has 2 heterocycles. The highest BCUT2D eigenvalue weighted by molar-refractivity contribution is 5.83. The number of hydrogen-bond donors (Lipinski definition) is 0. The van der Waals surface area contributed by atoms with Gasteiger partial charge in [0.05, 0.1) is 17.0 Å². The van der Waals surface area contributed by atoms with E-state index in [4.69, 9.17) is 4.74 Å². The van der Waals surface area contributed by atoms with E-state index < -0.39 is 71.2 Å². The first-order valence-electron chi connectivity index (χ1n) is 15.7. The lowest BCUT2D eigenvalue weighted by Crippen LogP contribution is -2.52. The molecule has 264 valence electrons. The number of carbonyl (C=O) groups excluding carboxylic acids is 3. The Balaban J connectivity index is 1.57. The number of halogens is 7. The summed E-state index contributed by atoms with van der Waals surface area (Å²) in [5.74, 6) is -3.21. The standard InChI is InChI=1S/C34H40F7N3O4/c1-20-13-25(35)8-9-26(20)28-19-43(29(45)22-7-6-11-44(18-22)31(47)48-32(2,3)4)12-10-27(28)30(46)42(5)17-21-14-23(33(36,37)38)16-24(15-21)34(39,40)41/h8-9,13-16,22,27-28H,6-7,10-12,17-19H2,1-5H3. The molecule has 48 heavy (non-hydrogen) atoms. The van der Waals surface area contributed by atoms with Gasteiger partial charge >= 0.3 is 18.4 Å². The molecular formula is C34H40F7N3O4. The maximum absolute atomic E-state index is 14.1. The number of hydrogen-bond acceptors (Lipinski definition) is 4. The molecule has 0 aromatic heterocycles. The van der Waals surface area contributed by atoms with Gasteiger partial charge in [-0.1, -0.05) is 6.07 Å². The topological polar surface area (TPSA) is 70.2 Å². The van der Waals surface area contributed by atoms with Crippen molar-refractivity contribution in [3.63, 3.8) is 0 Å². The Kier molecular flexibility index (Phi) is 10.7. The minimum atomic E-state index is -5.04. The summed E-state index contributed by atoms with van der Waals surface area (Å²) >= 11 is 0. The minimum Gasteiger partial charge on any atom is -0.444 e. The molecule has 2 aliphatic rings. The largest absolute Gasteiger partial charge is 0.444 e. The maximum Gasteiger partial charge on any atom is 0.416 e. The van der Waals surface area contributed by atoms with Crippen LogP contribution in [0, 0.1) is 24.6 Å². The number of carbonyl (C=O) groups is 3. The summed E-state index contributed by atoms with van der Waals surface area (Å²) in [4.78, 5) is 44.6. The lowest BCUT2D eigenvalue weighted by atomic mass is 9.77. The van der Waals surface area contributed by atoms with Crippen LogP contribution in [-0.4, -0.2) is 71.4 Å². The molecular weight excluding hydrogens is 647 g/mol. The highest BCUT2D eigenvalue weighted by Crippen LogP contribution is 2.39. The van der Waals surface area contributed by atoms with E-state index in [9.17, 15) is 45.1 Å². The van der Waals surface area contributed by atoms with Crippen LogP contribution in [0.25, 0.3) is 0 Å². The summed E-state index contributed by atoms with van der Waals surface area (Å²) in [5, 5.41) is 0. The third-order valence-electron chi connectivity index (χ3n) is 8.74. The van der Waals surface area contributed by atoms with Crippen LogP contribution < -0.4 is 0 Å². The highest BCUT2D eigenvalue weighted by atomic mass is 19.4. The smallest absolute Gasteiger partial charge is 0.416 e. The number of alkyl halides is 6. The summed E-state index contributed by atoms with van der Waals surface area (Å²) in [6, 6.07) is 5.26. The fourth-order valence-corrected chi connectivity index (χ4v) is 6.49. The summed E-state index contributed by atoms with van der Waals surface area (Å²) in [6.07, 6.45) is -9.32. The van der Waals surface area contributed by atoms with Gasteiger partial charge in [0.15, 0.2) is 0 Å². The molecule has 0 radical (unpaired) electrons. The Morgan fingerprint density at radius 2 is 1.50 bits per heavy atom. The van der Waals surface area contributed by atoms with Gasteiger partial charge in [-0.15, -0.1) is 0 Å². The fourth-order valence-electron chi connectivity index (χ4n) is 6.49. The molecule has 7 nitrogen and oxygen atoms in total. The first kappa shape index (κ1) is 37.0. The van der Waals surface area contributed by atoms with Crippen molar-refractivity contribution in [1.82, 2.24) is 14.7 Å². The molecule has 14 heteroatoms. The Hall–Kier alpha value is -3.84. The van der Waals surface area contributed by atoms with E-state index in [0.29, 0.717) is 42.6 Å². The number of piperidine rings is 2. The predicted molar refractivity (Wildman–Crippen MR) is 162 cm³/mol. The molecule has 4 rings (SSSR count). The second-order valence-electron chi connectivity index (χ2n) is 13.7. The zero-order valence-electron chi connectivity index (χ0n) is 27.5. The first-order valence-corrected chi connectivity index (χ1v) is 15.7. The molecule has 0 bridgehead atoms. The van der Waals surface area contributed by atoms with Crippen LogP contribution in [0.1, 0.15) is 73.8 Å². The number of amides is 3. The average Bonchev–Trinajstić information content (AvgIpc) is 2.98. The van der Waals surface area contributed by atoms with Gasteiger partial charge in [0, 0.05) is 51.6 Å². The van der Waals surface area contributed by atoms with E-state index >= 15 is 0 Å². The van der Waals surface area contributed by atoms with Crippen LogP contribution >= 0.6 is 0 Å². The number of rotatable bonds is 5.